The van der Waals surface area contributed by atoms with Crippen LogP contribution in [0.5, 0.6) is 0 Å². The maximum Gasteiger partial charge on any atom is 0.0273 e. The van der Waals surface area contributed by atoms with Crippen LogP contribution in [0.3, 0.4) is 0 Å². The lowest BCUT2D eigenvalue weighted by molar-refractivity contribution is 0.692. The lowest BCUT2D eigenvalue weighted by atomic mass is 9.94. The first-order chi connectivity index (χ1) is 6.52. The van der Waals surface area contributed by atoms with Gasteiger partial charge >= 0.3 is 0 Å². The molecule has 0 saturated carbocycles. The smallest absolute Gasteiger partial charge is 0.0273 e. The molecular weight excluding hydrogens is 170 g/mol. The summed E-state index contributed by atoms with van der Waals surface area (Å²) in [4.78, 5) is 4.04. The van der Waals surface area contributed by atoms with Gasteiger partial charge < -0.3 is 0 Å². The molecule has 0 rings (SSSR count). The Hall–Kier alpha value is -1.11. The second-order valence-electron chi connectivity index (χ2n) is 3.98. The summed E-state index contributed by atoms with van der Waals surface area (Å²) >= 11 is 0. The fourth-order valence-electron chi connectivity index (χ4n) is 1.03. The summed E-state index contributed by atoms with van der Waals surface area (Å²) in [6.45, 7) is 8.38. The first kappa shape index (κ1) is 12.9. The van der Waals surface area contributed by atoms with E-state index in [2.05, 4.69) is 44.0 Å². The van der Waals surface area contributed by atoms with Crippen molar-refractivity contribution in [2.24, 2.45) is 10.4 Å². The van der Waals surface area contributed by atoms with E-state index in [1.54, 1.807) is 7.05 Å². The van der Waals surface area contributed by atoms with Gasteiger partial charge in [-0.3, -0.25) is 4.99 Å². The molecule has 0 amide bonds. The number of rotatable bonds is 4. The summed E-state index contributed by atoms with van der Waals surface area (Å²) in [7, 11) is 1.80. The lowest BCUT2D eigenvalue weighted by Crippen LogP contribution is -2.08. The number of allylic oxidation sites excluding steroid dienone is 6. The molecule has 0 aromatic carbocycles. The first-order valence-corrected chi connectivity index (χ1v) is 4.94. The third kappa shape index (κ3) is 6.41. The Bertz CT molecular complexity index is 265. The van der Waals surface area contributed by atoms with Gasteiger partial charge in [-0.05, 0) is 13.8 Å². The highest BCUT2D eigenvalue weighted by atomic mass is 14.6. The molecule has 0 aliphatic heterocycles. The topological polar surface area (TPSA) is 12.4 Å². The Kier molecular flexibility index (Phi) is 5.86. The average molecular weight is 191 g/mol. The van der Waals surface area contributed by atoms with Crippen LogP contribution in [0.15, 0.2) is 40.9 Å². The minimum absolute atomic E-state index is 0.0414. The highest BCUT2D eigenvalue weighted by molar-refractivity contribution is 5.67. The zero-order valence-corrected chi connectivity index (χ0v) is 9.91. The fraction of sp³-hybridized carbons (Fsp3) is 0.462. The number of aliphatic imine (C=N–C) groups is 1. The van der Waals surface area contributed by atoms with Gasteiger partial charge in [0.05, 0.1) is 0 Å². The van der Waals surface area contributed by atoms with Gasteiger partial charge in [0.2, 0.25) is 0 Å². The lowest BCUT2D eigenvalue weighted by Gasteiger charge is -2.12. The molecule has 1 heteroatoms. The largest absolute Gasteiger partial charge is 0.300 e. The Labute approximate surface area is 87.9 Å². The number of hydrogen-bond donors (Lipinski definition) is 0. The minimum atomic E-state index is 0.0414. The third-order valence-electron chi connectivity index (χ3n) is 1.79. The third-order valence-corrected chi connectivity index (χ3v) is 1.79. The molecule has 0 aliphatic rings. The molecule has 0 radical (unpaired) electrons. The van der Waals surface area contributed by atoms with Gasteiger partial charge in [-0.2, -0.15) is 0 Å². The molecule has 0 aromatic heterocycles. The quantitative estimate of drug-likeness (QED) is 0.473. The second kappa shape index (κ2) is 6.36. The summed E-state index contributed by atoms with van der Waals surface area (Å²) in [5.74, 6) is 0. The standard InChI is InChI=1S/C13H21N/c1-6-7-8-12(2)9-10-13(3,4)11-14-5/h6-11H,1-5H3/b7-6+,10-9-,12-8-,14-11?. The van der Waals surface area contributed by atoms with Gasteiger partial charge in [0.1, 0.15) is 0 Å². The van der Waals surface area contributed by atoms with Crippen molar-refractivity contribution in [1.82, 2.24) is 0 Å². The van der Waals surface area contributed by atoms with Crippen molar-refractivity contribution >= 4 is 6.21 Å². The molecule has 0 spiro atoms. The van der Waals surface area contributed by atoms with E-state index in [1.165, 1.54) is 5.57 Å². The van der Waals surface area contributed by atoms with Gasteiger partial charge in [0.15, 0.2) is 0 Å². The van der Waals surface area contributed by atoms with Crippen LogP contribution in [0.1, 0.15) is 27.7 Å². The average Bonchev–Trinajstić information content (AvgIpc) is 2.11. The Balaban J connectivity index is 4.43. The molecule has 0 N–H and O–H groups in total. The molecule has 78 valence electrons. The van der Waals surface area contributed by atoms with E-state index in [1.807, 2.05) is 25.3 Å². The monoisotopic (exact) mass is 191 g/mol. The summed E-state index contributed by atoms with van der Waals surface area (Å²) < 4.78 is 0. The van der Waals surface area contributed by atoms with Crippen molar-refractivity contribution in [3.8, 4) is 0 Å². The number of hydrogen-bond acceptors (Lipinski definition) is 1. The molecule has 0 aromatic rings. The second-order valence-corrected chi connectivity index (χ2v) is 3.98. The molecule has 0 bridgehead atoms. The van der Waals surface area contributed by atoms with Crippen LogP contribution in [-0.2, 0) is 0 Å². The molecule has 14 heavy (non-hydrogen) atoms. The molecule has 0 fully saturated rings. The highest BCUT2D eigenvalue weighted by Crippen LogP contribution is 2.14. The summed E-state index contributed by atoms with van der Waals surface area (Å²) in [6.07, 6.45) is 12.4. The Morgan fingerprint density at radius 2 is 1.93 bits per heavy atom. The number of nitrogens with zero attached hydrogens (tertiary/aromatic N) is 1. The van der Waals surface area contributed by atoms with Crippen LogP contribution in [0.2, 0.25) is 0 Å². The maximum atomic E-state index is 4.04. The maximum absolute atomic E-state index is 4.04. The van der Waals surface area contributed by atoms with Crippen molar-refractivity contribution < 1.29 is 0 Å². The predicted octanol–water partition coefficient (Wildman–Crippen LogP) is 3.79. The zero-order valence-electron chi connectivity index (χ0n) is 9.91. The van der Waals surface area contributed by atoms with Crippen LogP contribution < -0.4 is 0 Å². The van der Waals surface area contributed by atoms with Crippen molar-refractivity contribution in [1.29, 1.82) is 0 Å². The van der Waals surface area contributed by atoms with Crippen molar-refractivity contribution in [3.05, 3.63) is 36.0 Å². The van der Waals surface area contributed by atoms with Gasteiger partial charge in [-0.15, -0.1) is 0 Å². The Morgan fingerprint density at radius 1 is 1.29 bits per heavy atom. The van der Waals surface area contributed by atoms with E-state index in [4.69, 9.17) is 0 Å². The molecular formula is C13H21N. The van der Waals surface area contributed by atoms with Crippen LogP contribution in [0, 0.1) is 5.41 Å². The van der Waals surface area contributed by atoms with Crippen molar-refractivity contribution in [3.63, 3.8) is 0 Å². The van der Waals surface area contributed by atoms with Gasteiger partial charge in [0.25, 0.3) is 0 Å². The molecule has 1 nitrogen and oxygen atoms in total. The SMILES string of the molecule is C/C=C/C=C(C)\C=C/C(C)(C)C=NC. The van der Waals surface area contributed by atoms with Crippen LogP contribution in [0.4, 0.5) is 0 Å². The molecule has 0 heterocycles. The summed E-state index contributed by atoms with van der Waals surface area (Å²) in [6, 6.07) is 0. The summed E-state index contributed by atoms with van der Waals surface area (Å²) in [5, 5.41) is 0. The van der Waals surface area contributed by atoms with E-state index < -0.39 is 0 Å². The minimum Gasteiger partial charge on any atom is -0.300 e. The van der Waals surface area contributed by atoms with Crippen LogP contribution in [-0.4, -0.2) is 13.3 Å². The molecule has 0 saturated heterocycles. The normalized spacial score (nSPS) is 15.1. The van der Waals surface area contributed by atoms with Gasteiger partial charge in [-0.25, -0.2) is 0 Å². The predicted molar refractivity (Wildman–Crippen MR) is 65.9 cm³/mol. The zero-order chi connectivity index (χ0) is 11.0. The molecule has 0 aliphatic carbocycles. The Morgan fingerprint density at radius 3 is 2.43 bits per heavy atom. The molecule has 0 unspecified atom stereocenters. The van der Waals surface area contributed by atoms with Gasteiger partial charge in [0, 0.05) is 18.7 Å². The van der Waals surface area contributed by atoms with Crippen LogP contribution >= 0.6 is 0 Å². The van der Waals surface area contributed by atoms with E-state index >= 15 is 0 Å². The van der Waals surface area contributed by atoms with Crippen LogP contribution in [0.25, 0.3) is 0 Å². The van der Waals surface area contributed by atoms with Crippen molar-refractivity contribution in [2.75, 3.05) is 7.05 Å². The highest BCUT2D eigenvalue weighted by Gasteiger charge is 2.08. The first-order valence-electron chi connectivity index (χ1n) is 4.94. The van der Waals surface area contributed by atoms with E-state index in [-0.39, 0.29) is 5.41 Å². The van der Waals surface area contributed by atoms with Gasteiger partial charge in [-0.1, -0.05) is 49.8 Å². The van der Waals surface area contributed by atoms with E-state index in [9.17, 15) is 0 Å². The van der Waals surface area contributed by atoms with E-state index in [0.717, 1.165) is 0 Å². The molecule has 0 atom stereocenters. The van der Waals surface area contributed by atoms with E-state index in [0.29, 0.717) is 0 Å². The van der Waals surface area contributed by atoms with Crippen molar-refractivity contribution in [2.45, 2.75) is 27.7 Å². The summed E-state index contributed by atoms with van der Waals surface area (Å²) in [5.41, 5.74) is 1.29. The fourth-order valence-corrected chi connectivity index (χ4v) is 1.03.